The highest BCUT2D eigenvalue weighted by Crippen LogP contribution is 2.32. The Morgan fingerprint density at radius 2 is 1.95 bits per heavy atom. The van der Waals surface area contributed by atoms with Gasteiger partial charge in [-0.3, -0.25) is 4.79 Å². The summed E-state index contributed by atoms with van der Waals surface area (Å²) in [4.78, 5) is 24.8. The van der Waals surface area contributed by atoms with E-state index in [1.54, 1.807) is 38.5 Å². The Morgan fingerprint density at radius 1 is 1.29 bits per heavy atom. The van der Waals surface area contributed by atoms with Crippen molar-refractivity contribution in [2.24, 2.45) is 0 Å². The van der Waals surface area contributed by atoms with Crippen LogP contribution in [0.5, 0.6) is 0 Å². The molecule has 21 heavy (non-hydrogen) atoms. The molecule has 0 saturated carbocycles. The van der Waals surface area contributed by atoms with Gasteiger partial charge >= 0.3 is 5.97 Å². The van der Waals surface area contributed by atoms with Crippen LogP contribution < -0.4 is 0 Å². The summed E-state index contributed by atoms with van der Waals surface area (Å²) in [6, 6.07) is 8.55. The third kappa shape index (κ3) is 6.67. The number of nitrogens with zero attached hydrogens (tertiary/aromatic N) is 1. The van der Waals surface area contributed by atoms with Gasteiger partial charge < -0.3 is 10.0 Å². The minimum Gasteiger partial charge on any atom is -0.480 e. The number of amides is 1. The lowest BCUT2D eigenvalue weighted by molar-refractivity contribution is -0.148. The van der Waals surface area contributed by atoms with E-state index in [4.69, 9.17) is 0 Å². The number of carbonyl (C=O) groups is 2. The van der Waals surface area contributed by atoms with Gasteiger partial charge in [-0.2, -0.15) is 0 Å². The molecular formula is C14H19NO3S3. The van der Waals surface area contributed by atoms with Crippen LogP contribution in [-0.2, 0) is 16.0 Å². The molecule has 0 saturated heterocycles. The molecule has 0 fully saturated rings. The summed E-state index contributed by atoms with van der Waals surface area (Å²) in [7, 11) is 6.43. The van der Waals surface area contributed by atoms with Gasteiger partial charge in [-0.15, -0.1) is 0 Å². The number of rotatable bonds is 9. The van der Waals surface area contributed by atoms with Crippen molar-refractivity contribution in [3.05, 3.63) is 35.9 Å². The molecule has 116 valence electrons. The molecule has 7 heteroatoms. The van der Waals surface area contributed by atoms with Crippen LogP contribution in [0.4, 0.5) is 0 Å². The van der Waals surface area contributed by atoms with Crippen molar-refractivity contribution in [1.82, 2.24) is 4.90 Å². The molecule has 1 amide bonds. The average molecular weight is 346 g/mol. The number of carbonyl (C=O) groups excluding carboxylic acids is 1. The first-order chi connectivity index (χ1) is 10.1. The first-order valence-corrected chi connectivity index (χ1v) is 10.5. The monoisotopic (exact) mass is 345 g/mol. The molecule has 0 spiro atoms. The van der Waals surface area contributed by atoms with Crippen LogP contribution in [0.1, 0.15) is 12.0 Å². The Bertz CT molecular complexity index is 456. The smallest absolute Gasteiger partial charge is 0.326 e. The van der Waals surface area contributed by atoms with Crippen LogP contribution in [0.2, 0.25) is 0 Å². The summed E-state index contributed by atoms with van der Waals surface area (Å²) in [6.45, 7) is 0. The maximum Gasteiger partial charge on any atom is 0.326 e. The van der Waals surface area contributed by atoms with Crippen molar-refractivity contribution >= 4 is 43.3 Å². The topological polar surface area (TPSA) is 57.6 Å². The Labute approximate surface area is 136 Å². The van der Waals surface area contributed by atoms with E-state index in [1.807, 2.05) is 36.6 Å². The van der Waals surface area contributed by atoms with E-state index in [9.17, 15) is 14.7 Å². The highest BCUT2D eigenvalue weighted by molar-refractivity contribution is 9.09. The zero-order chi connectivity index (χ0) is 15.7. The fraction of sp³-hybridized carbons (Fsp3) is 0.429. The normalized spacial score (nSPS) is 11.9. The summed E-state index contributed by atoms with van der Waals surface area (Å²) >= 11 is 0. The molecule has 1 aromatic carbocycles. The van der Waals surface area contributed by atoms with Crippen LogP contribution in [0.3, 0.4) is 0 Å². The number of carboxylic acid groups (broad SMARTS) is 1. The standard InChI is InChI=1S/C14H19NO3S3/c1-15(13(16)8-9-20-21-19-2)12(14(17)18)10-11-6-4-3-5-7-11/h3-7,12H,8-10H2,1-2H3,(H,17,18). The van der Waals surface area contributed by atoms with Gasteiger partial charge in [0.2, 0.25) is 5.91 Å². The molecule has 0 aliphatic carbocycles. The van der Waals surface area contributed by atoms with Crippen molar-refractivity contribution in [2.45, 2.75) is 18.9 Å². The number of hydrogen-bond acceptors (Lipinski definition) is 5. The van der Waals surface area contributed by atoms with E-state index in [0.717, 1.165) is 5.56 Å². The van der Waals surface area contributed by atoms with Crippen LogP contribution in [-0.4, -0.2) is 47.0 Å². The largest absolute Gasteiger partial charge is 0.480 e. The fourth-order valence-corrected chi connectivity index (χ4v) is 4.43. The number of benzene rings is 1. The lowest BCUT2D eigenvalue weighted by Gasteiger charge is -2.25. The number of carboxylic acids is 1. The van der Waals surface area contributed by atoms with Gasteiger partial charge in [-0.25, -0.2) is 4.79 Å². The third-order valence-corrected chi connectivity index (χ3v) is 6.82. The summed E-state index contributed by atoms with van der Waals surface area (Å²) in [5.41, 5.74) is 0.914. The maximum absolute atomic E-state index is 12.1. The second-order valence-electron chi connectivity index (χ2n) is 4.36. The molecule has 1 atom stereocenters. The maximum atomic E-state index is 12.1. The summed E-state index contributed by atoms with van der Waals surface area (Å²) in [5.74, 6) is -0.416. The summed E-state index contributed by atoms with van der Waals surface area (Å²) in [6.07, 6.45) is 2.66. The molecule has 0 radical (unpaired) electrons. The van der Waals surface area contributed by atoms with Crippen molar-refractivity contribution < 1.29 is 14.7 Å². The molecule has 0 aliphatic rings. The molecule has 1 N–H and O–H groups in total. The van der Waals surface area contributed by atoms with Crippen molar-refractivity contribution in [1.29, 1.82) is 0 Å². The first-order valence-electron chi connectivity index (χ1n) is 6.41. The Kier molecular flexibility index (Phi) is 8.72. The average Bonchev–Trinajstić information content (AvgIpc) is 2.49. The van der Waals surface area contributed by atoms with Crippen LogP contribution in [0.15, 0.2) is 30.3 Å². The van der Waals surface area contributed by atoms with Crippen molar-refractivity contribution in [3.8, 4) is 0 Å². The fourth-order valence-electron chi connectivity index (χ4n) is 1.79. The predicted octanol–water partition coefficient (Wildman–Crippen LogP) is 3.19. The van der Waals surface area contributed by atoms with Gasteiger partial charge in [0.1, 0.15) is 6.04 Å². The molecule has 1 aromatic rings. The Balaban J connectivity index is 2.58. The SMILES string of the molecule is CSSSCCC(=O)N(C)C(Cc1ccccc1)C(=O)O. The number of likely N-dealkylation sites (N-methyl/N-ethyl adjacent to an activating group) is 1. The Morgan fingerprint density at radius 3 is 2.52 bits per heavy atom. The second-order valence-corrected chi connectivity index (χ2v) is 8.81. The van der Waals surface area contributed by atoms with Gasteiger partial charge in [0, 0.05) is 25.6 Å². The number of hydrogen-bond donors (Lipinski definition) is 1. The molecular weight excluding hydrogens is 326 g/mol. The second kappa shape index (κ2) is 10.0. The lowest BCUT2D eigenvalue weighted by atomic mass is 10.0. The van der Waals surface area contributed by atoms with Gasteiger partial charge in [0.05, 0.1) is 0 Å². The molecule has 0 heterocycles. The van der Waals surface area contributed by atoms with Crippen LogP contribution in [0, 0.1) is 0 Å². The Hall–Kier alpha value is -0.790. The van der Waals surface area contributed by atoms with E-state index in [1.165, 1.54) is 4.90 Å². The molecule has 0 bridgehead atoms. The van der Waals surface area contributed by atoms with E-state index >= 15 is 0 Å². The van der Waals surface area contributed by atoms with Crippen LogP contribution >= 0.6 is 31.4 Å². The van der Waals surface area contributed by atoms with E-state index in [0.29, 0.717) is 18.6 Å². The zero-order valence-electron chi connectivity index (χ0n) is 12.0. The molecule has 0 aliphatic heterocycles. The van der Waals surface area contributed by atoms with E-state index < -0.39 is 12.0 Å². The lowest BCUT2D eigenvalue weighted by Crippen LogP contribution is -2.43. The highest BCUT2D eigenvalue weighted by Gasteiger charge is 2.26. The van der Waals surface area contributed by atoms with Crippen molar-refractivity contribution in [3.63, 3.8) is 0 Å². The first kappa shape index (κ1) is 18.3. The minimum atomic E-state index is -0.971. The molecule has 0 aromatic heterocycles. The highest BCUT2D eigenvalue weighted by atomic mass is 33.5. The molecule has 1 unspecified atom stereocenters. The molecule has 1 rings (SSSR count). The summed E-state index contributed by atoms with van der Waals surface area (Å²) in [5, 5.41) is 9.36. The minimum absolute atomic E-state index is 0.132. The molecule has 4 nitrogen and oxygen atoms in total. The van der Waals surface area contributed by atoms with Gasteiger partial charge in [-0.1, -0.05) is 51.9 Å². The summed E-state index contributed by atoms with van der Waals surface area (Å²) < 4.78 is 0. The van der Waals surface area contributed by atoms with Gasteiger partial charge in [0.15, 0.2) is 0 Å². The number of aliphatic carboxylic acids is 1. The third-order valence-electron chi connectivity index (χ3n) is 2.93. The van der Waals surface area contributed by atoms with Crippen LogP contribution in [0.25, 0.3) is 0 Å². The zero-order valence-corrected chi connectivity index (χ0v) is 14.5. The van der Waals surface area contributed by atoms with Gasteiger partial charge in [0.25, 0.3) is 0 Å². The van der Waals surface area contributed by atoms with Gasteiger partial charge in [-0.05, 0) is 21.6 Å². The van der Waals surface area contributed by atoms with E-state index in [-0.39, 0.29) is 5.91 Å². The predicted molar refractivity (Wildman–Crippen MR) is 92.5 cm³/mol. The van der Waals surface area contributed by atoms with E-state index in [2.05, 4.69) is 0 Å². The quantitative estimate of drug-likeness (QED) is 0.548. The van der Waals surface area contributed by atoms with Crippen molar-refractivity contribution in [2.75, 3.05) is 19.1 Å².